The Kier molecular flexibility index (Phi) is 18.2. The number of carbonyl (C=O) groups is 4. The van der Waals surface area contributed by atoms with E-state index in [4.69, 9.17) is 40.0 Å². The van der Waals surface area contributed by atoms with E-state index >= 15 is 4.39 Å². The lowest BCUT2D eigenvalue weighted by atomic mass is 9.72. The Morgan fingerprint density at radius 2 is 1.44 bits per heavy atom. The summed E-state index contributed by atoms with van der Waals surface area (Å²) in [7, 11) is -4.93. The molecule has 24 heteroatoms. The van der Waals surface area contributed by atoms with Crippen molar-refractivity contribution >= 4 is 79.5 Å². The van der Waals surface area contributed by atoms with Crippen molar-refractivity contribution in [2.45, 2.75) is 136 Å². The number of aromatic nitrogens is 2. The number of benzene rings is 4. The van der Waals surface area contributed by atoms with E-state index in [0.717, 1.165) is 48.2 Å². The average molecular weight is 1200 g/mol. The molecule has 84 heavy (non-hydrogen) atoms. The smallest absolute Gasteiger partial charge is 0.435 e. The summed E-state index contributed by atoms with van der Waals surface area (Å²) in [6.45, 7) is 21.8. The highest BCUT2D eigenvalue weighted by atomic mass is 35.5. The SMILES string of the molecule is CC1(C)CCC(CN2CCN(c3ccc(C(=O)NS(=O)(=O)c4ccc(OCC5(F)CCOCC5)c([N+](=O)[O-])c4)c(Oc4cccc5c4c(N(C(=O)OC(C)(C)C)C(=O)OC(C)(C)C)nn5C(=O)OC(C)(C)C)c3)CC2)=C(c2ccc(Cl)cc2)C1. The zero-order valence-electron chi connectivity index (χ0n) is 49.3. The van der Waals surface area contributed by atoms with Crippen LogP contribution in [0.1, 0.15) is 124 Å². The molecule has 4 aromatic carbocycles. The van der Waals surface area contributed by atoms with Crippen molar-refractivity contribution in [1.29, 1.82) is 0 Å². The number of fused-ring (bicyclic) bond motifs is 1. The standard InChI is InChI=1S/C60H73ClFN7O14S/c1-56(2,3)81-53(71)67(54(72)82-57(4,5)6)51-50-45(68(63-51)55(73)83-58(7,8)9)13-12-14-48(50)80-49-33-41(66-29-27-65(28-30-66)36-39-23-24-59(10,11)35-44(39)38-15-17-40(61)18-16-38)19-21-43(49)52(70)64-84(76,77)42-20-22-47(46(34-42)69(74)75)79-37-60(62)25-31-78-32-26-60/h12-22,33-34H,23-32,35-37H2,1-11H3,(H,64,70). The van der Waals surface area contributed by atoms with Gasteiger partial charge in [-0.3, -0.25) is 19.8 Å². The molecule has 0 bridgehead atoms. The molecular weight excluding hydrogens is 1130 g/mol. The molecule has 3 amide bonds. The van der Waals surface area contributed by atoms with Crippen LogP contribution in [0.2, 0.25) is 5.02 Å². The number of halogens is 2. The summed E-state index contributed by atoms with van der Waals surface area (Å²) in [4.78, 5) is 73.0. The van der Waals surface area contributed by atoms with Crippen LogP contribution >= 0.6 is 11.6 Å². The Morgan fingerprint density at radius 3 is 2.05 bits per heavy atom. The summed E-state index contributed by atoms with van der Waals surface area (Å²) >= 11 is 6.29. The molecule has 3 heterocycles. The zero-order chi connectivity index (χ0) is 61.3. The summed E-state index contributed by atoms with van der Waals surface area (Å²) < 4.78 is 81.3. The Labute approximate surface area is 493 Å². The second-order valence-corrected chi connectivity index (χ2v) is 27.1. The predicted octanol–water partition coefficient (Wildman–Crippen LogP) is 12.7. The molecule has 0 unspecified atom stereocenters. The predicted molar refractivity (Wildman–Crippen MR) is 315 cm³/mol. The summed E-state index contributed by atoms with van der Waals surface area (Å²) in [5, 5.41) is 17.3. The van der Waals surface area contributed by atoms with Crippen LogP contribution < -0.4 is 24.0 Å². The van der Waals surface area contributed by atoms with Gasteiger partial charge in [-0.15, -0.1) is 5.10 Å². The number of rotatable bonds is 14. The Balaban J connectivity index is 1.19. The zero-order valence-corrected chi connectivity index (χ0v) is 50.8. The molecule has 0 atom stereocenters. The fourth-order valence-electron chi connectivity index (χ4n) is 9.92. The maximum Gasteiger partial charge on any atom is 0.435 e. The van der Waals surface area contributed by atoms with Crippen LogP contribution in [-0.2, 0) is 29.0 Å². The van der Waals surface area contributed by atoms with Crippen LogP contribution in [0.5, 0.6) is 17.2 Å². The third-order valence-electron chi connectivity index (χ3n) is 14.1. The molecule has 0 radical (unpaired) electrons. The third kappa shape index (κ3) is 15.5. The van der Waals surface area contributed by atoms with Crippen LogP contribution in [0.25, 0.3) is 16.5 Å². The van der Waals surface area contributed by atoms with Gasteiger partial charge in [-0.1, -0.05) is 49.2 Å². The number of nitrogens with zero attached hydrogens (tertiary/aromatic N) is 6. The molecule has 0 saturated carbocycles. The average Bonchev–Trinajstić information content (AvgIpc) is 3.14. The first-order chi connectivity index (χ1) is 39.2. The van der Waals surface area contributed by atoms with E-state index in [-0.39, 0.29) is 65.2 Å². The lowest BCUT2D eigenvalue weighted by Crippen LogP contribution is -2.47. The quantitative estimate of drug-likeness (QED) is 0.0617. The molecule has 8 rings (SSSR count). The van der Waals surface area contributed by atoms with Gasteiger partial charge in [0.1, 0.15) is 40.6 Å². The molecule has 21 nitrogen and oxygen atoms in total. The van der Waals surface area contributed by atoms with Crippen molar-refractivity contribution in [3.63, 3.8) is 0 Å². The van der Waals surface area contributed by atoms with Crippen LogP contribution in [0.3, 0.4) is 0 Å². The van der Waals surface area contributed by atoms with Crippen LogP contribution in [0, 0.1) is 15.5 Å². The van der Waals surface area contributed by atoms with Gasteiger partial charge in [0.05, 0.1) is 26.3 Å². The van der Waals surface area contributed by atoms with Crippen molar-refractivity contribution in [2.75, 3.05) is 62.3 Å². The number of hydrogen-bond acceptors (Lipinski definition) is 17. The first-order valence-corrected chi connectivity index (χ1v) is 29.6. The summed E-state index contributed by atoms with van der Waals surface area (Å²) in [5.41, 5.74) is -1.86. The number of nitrogens with one attached hydrogen (secondary N) is 1. The molecular formula is C60H73ClFN7O14S. The molecule has 0 spiro atoms. The first-order valence-electron chi connectivity index (χ1n) is 27.7. The third-order valence-corrected chi connectivity index (χ3v) is 15.7. The topological polar surface area (TPSA) is 241 Å². The molecule has 1 aromatic heterocycles. The van der Waals surface area contributed by atoms with E-state index in [1.807, 2.05) is 16.9 Å². The molecule has 5 aromatic rings. The highest BCUT2D eigenvalue weighted by Crippen LogP contribution is 2.45. The number of nitro benzene ring substituents is 1. The van der Waals surface area contributed by atoms with Gasteiger partial charge in [0.25, 0.3) is 15.9 Å². The Bertz CT molecular complexity index is 3450. The molecule has 2 saturated heterocycles. The Morgan fingerprint density at radius 1 is 0.810 bits per heavy atom. The lowest BCUT2D eigenvalue weighted by molar-refractivity contribution is -0.386. The number of ether oxygens (including phenoxy) is 6. The van der Waals surface area contributed by atoms with E-state index < -0.39 is 84.6 Å². The van der Waals surface area contributed by atoms with E-state index in [0.29, 0.717) is 47.9 Å². The van der Waals surface area contributed by atoms with Crippen LogP contribution in [0.15, 0.2) is 89.3 Å². The molecule has 3 aliphatic rings. The van der Waals surface area contributed by atoms with Gasteiger partial charge in [-0.05, 0) is 147 Å². The first kappa shape index (κ1) is 62.7. The van der Waals surface area contributed by atoms with Gasteiger partial charge in [-0.2, -0.15) is 9.58 Å². The van der Waals surface area contributed by atoms with Crippen molar-refractivity contribution in [3.05, 3.63) is 111 Å². The minimum absolute atomic E-state index is 0.00417. The summed E-state index contributed by atoms with van der Waals surface area (Å²) in [6.07, 6.45) is -0.575. The van der Waals surface area contributed by atoms with Crippen molar-refractivity contribution < 1.29 is 65.3 Å². The fourth-order valence-corrected chi connectivity index (χ4v) is 11.0. The largest absolute Gasteiger partial charge is 0.483 e. The molecule has 2 aliphatic heterocycles. The minimum Gasteiger partial charge on any atom is -0.483 e. The van der Waals surface area contributed by atoms with Gasteiger partial charge >= 0.3 is 24.0 Å². The van der Waals surface area contributed by atoms with E-state index in [9.17, 15) is 37.7 Å². The number of sulfonamides is 1. The number of alkyl halides is 1. The van der Waals surface area contributed by atoms with Gasteiger partial charge in [-0.25, -0.2) is 31.9 Å². The van der Waals surface area contributed by atoms with E-state index in [1.54, 1.807) is 68.4 Å². The minimum atomic E-state index is -4.93. The van der Waals surface area contributed by atoms with Gasteiger partial charge in [0.15, 0.2) is 11.6 Å². The summed E-state index contributed by atoms with van der Waals surface area (Å²) in [6, 6.07) is 19.6. The number of carbonyl (C=O) groups excluding carboxylic acids is 4. The number of piperazine rings is 1. The highest BCUT2D eigenvalue weighted by Gasteiger charge is 2.40. The number of anilines is 2. The van der Waals surface area contributed by atoms with Crippen molar-refractivity contribution in [1.82, 2.24) is 19.4 Å². The maximum absolute atomic E-state index is 15.4. The Hall–Kier alpha value is -7.34. The second kappa shape index (κ2) is 24.3. The molecule has 1 N–H and O–H groups in total. The number of allylic oxidation sites excluding steroid dienone is 1. The number of hydrogen-bond donors (Lipinski definition) is 1. The lowest BCUT2D eigenvalue weighted by Gasteiger charge is -2.39. The van der Waals surface area contributed by atoms with Crippen molar-refractivity contribution in [3.8, 4) is 17.2 Å². The van der Waals surface area contributed by atoms with Crippen LogP contribution in [0.4, 0.5) is 36.0 Å². The van der Waals surface area contributed by atoms with E-state index in [1.165, 1.54) is 41.5 Å². The highest BCUT2D eigenvalue weighted by molar-refractivity contribution is 7.90. The van der Waals surface area contributed by atoms with Gasteiger partial charge in [0.2, 0.25) is 0 Å². The number of imide groups is 1. The number of amides is 3. The molecule has 2 fully saturated rings. The fraction of sp³-hybridized carbons (Fsp3) is 0.483. The second-order valence-electron chi connectivity index (χ2n) is 25.0. The van der Waals surface area contributed by atoms with Gasteiger partial charge < -0.3 is 33.3 Å². The summed E-state index contributed by atoms with van der Waals surface area (Å²) in [5.74, 6) is -2.53. The maximum atomic E-state index is 15.4. The molecule has 452 valence electrons. The van der Waals surface area contributed by atoms with Gasteiger partial charge in [0, 0.05) is 81.6 Å². The monoisotopic (exact) mass is 1200 g/mol. The van der Waals surface area contributed by atoms with Crippen LogP contribution in [-0.4, -0.2) is 127 Å². The number of nitro groups is 1. The van der Waals surface area contributed by atoms with E-state index in [2.05, 4.69) is 40.9 Å². The normalized spacial score (nSPS) is 16.8. The van der Waals surface area contributed by atoms with Crippen molar-refractivity contribution in [2.24, 2.45) is 5.41 Å². The molecule has 1 aliphatic carbocycles.